The smallest absolute Gasteiger partial charge is 0.191 e. The molecule has 4 nitrogen and oxygen atoms in total. The van der Waals surface area contributed by atoms with Gasteiger partial charge in [0.15, 0.2) is 5.96 Å². The Morgan fingerprint density at radius 1 is 1.24 bits per heavy atom. The Labute approximate surface area is 159 Å². The van der Waals surface area contributed by atoms with Crippen molar-refractivity contribution in [3.8, 4) is 0 Å². The standard InChI is InChI=1S/C19H28N4S2/c1-19(2,17-5-4-11-25-17)14-22-18(20-3)21-8-10-23-9-6-16-15(13-23)7-12-24-16/h4-5,7,11-12H,6,8-10,13-14H2,1-3H3,(H2,20,21,22). The lowest BCUT2D eigenvalue weighted by Gasteiger charge is -2.28. The summed E-state index contributed by atoms with van der Waals surface area (Å²) in [6.45, 7) is 9.61. The minimum absolute atomic E-state index is 0.105. The van der Waals surface area contributed by atoms with E-state index in [0.717, 1.165) is 38.7 Å². The molecular formula is C19H28N4S2. The highest BCUT2D eigenvalue weighted by Gasteiger charge is 2.22. The first-order valence-corrected chi connectivity index (χ1v) is 10.6. The summed E-state index contributed by atoms with van der Waals surface area (Å²) in [4.78, 5) is 9.85. The van der Waals surface area contributed by atoms with Gasteiger partial charge >= 0.3 is 0 Å². The number of thiophene rings is 2. The van der Waals surface area contributed by atoms with Gasteiger partial charge in [0.25, 0.3) is 0 Å². The molecule has 136 valence electrons. The van der Waals surface area contributed by atoms with Crippen LogP contribution in [0.3, 0.4) is 0 Å². The number of guanidine groups is 1. The number of hydrogen-bond donors (Lipinski definition) is 2. The summed E-state index contributed by atoms with van der Waals surface area (Å²) >= 11 is 3.71. The summed E-state index contributed by atoms with van der Waals surface area (Å²) in [5.41, 5.74) is 1.62. The molecule has 0 spiro atoms. The summed E-state index contributed by atoms with van der Waals surface area (Å²) in [7, 11) is 1.84. The van der Waals surface area contributed by atoms with E-state index in [1.54, 1.807) is 4.88 Å². The summed E-state index contributed by atoms with van der Waals surface area (Å²) in [6, 6.07) is 6.59. The molecule has 0 fully saturated rings. The van der Waals surface area contributed by atoms with E-state index >= 15 is 0 Å². The van der Waals surface area contributed by atoms with Crippen molar-refractivity contribution in [3.63, 3.8) is 0 Å². The number of rotatable bonds is 6. The van der Waals surface area contributed by atoms with E-state index in [1.807, 2.05) is 29.7 Å². The van der Waals surface area contributed by atoms with Crippen LogP contribution in [0.25, 0.3) is 0 Å². The van der Waals surface area contributed by atoms with Gasteiger partial charge in [0.2, 0.25) is 0 Å². The molecule has 0 saturated carbocycles. The van der Waals surface area contributed by atoms with E-state index in [9.17, 15) is 0 Å². The minimum atomic E-state index is 0.105. The van der Waals surface area contributed by atoms with Crippen molar-refractivity contribution in [2.24, 2.45) is 4.99 Å². The molecule has 25 heavy (non-hydrogen) atoms. The Morgan fingerprint density at radius 3 is 2.88 bits per heavy atom. The lowest BCUT2D eigenvalue weighted by atomic mass is 9.91. The molecule has 0 unspecified atom stereocenters. The van der Waals surface area contributed by atoms with Gasteiger partial charge in [-0.25, -0.2) is 0 Å². The van der Waals surface area contributed by atoms with Gasteiger partial charge in [0.05, 0.1) is 0 Å². The maximum Gasteiger partial charge on any atom is 0.191 e. The van der Waals surface area contributed by atoms with Crippen LogP contribution < -0.4 is 10.6 Å². The van der Waals surface area contributed by atoms with Crippen molar-refractivity contribution >= 4 is 28.6 Å². The van der Waals surface area contributed by atoms with Gasteiger partial charge in [-0.3, -0.25) is 9.89 Å². The Morgan fingerprint density at radius 2 is 2.12 bits per heavy atom. The van der Waals surface area contributed by atoms with Gasteiger partial charge < -0.3 is 10.6 Å². The van der Waals surface area contributed by atoms with Crippen molar-refractivity contribution in [1.82, 2.24) is 15.5 Å². The zero-order valence-electron chi connectivity index (χ0n) is 15.3. The van der Waals surface area contributed by atoms with Crippen LogP contribution in [-0.2, 0) is 18.4 Å². The highest BCUT2D eigenvalue weighted by atomic mass is 32.1. The molecule has 0 bridgehead atoms. The molecule has 0 aromatic carbocycles. The van der Waals surface area contributed by atoms with Gasteiger partial charge in [-0.15, -0.1) is 22.7 Å². The molecule has 1 aliphatic rings. The minimum Gasteiger partial charge on any atom is -0.356 e. The first kappa shape index (κ1) is 18.4. The number of nitrogens with zero attached hydrogens (tertiary/aromatic N) is 2. The summed E-state index contributed by atoms with van der Waals surface area (Å²) in [6.07, 6.45) is 1.19. The molecule has 3 heterocycles. The lowest BCUT2D eigenvalue weighted by molar-refractivity contribution is 0.260. The van der Waals surface area contributed by atoms with Gasteiger partial charge in [0, 0.05) is 54.9 Å². The SMILES string of the molecule is CN=C(NCCN1CCc2sccc2C1)NCC(C)(C)c1cccs1. The molecule has 0 atom stereocenters. The zero-order chi connectivity index (χ0) is 17.7. The Bertz CT molecular complexity index is 688. The average Bonchev–Trinajstić information content (AvgIpc) is 3.29. The third kappa shape index (κ3) is 4.84. The summed E-state index contributed by atoms with van der Waals surface area (Å²) in [5, 5.41) is 11.3. The van der Waals surface area contributed by atoms with Crippen LogP contribution in [0.5, 0.6) is 0 Å². The molecule has 0 amide bonds. The topological polar surface area (TPSA) is 39.7 Å². The Balaban J connectivity index is 1.41. The molecule has 2 N–H and O–H groups in total. The second kappa shape index (κ2) is 8.34. The monoisotopic (exact) mass is 376 g/mol. The predicted octanol–water partition coefficient (Wildman–Crippen LogP) is 3.31. The molecule has 2 aromatic rings. The fourth-order valence-corrected chi connectivity index (χ4v) is 4.85. The van der Waals surface area contributed by atoms with E-state index in [-0.39, 0.29) is 5.41 Å². The third-order valence-corrected chi connectivity index (χ3v) is 6.98. The van der Waals surface area contributed by atoms with Gasteiger partial charge in [-0.1, -0.05) is 19.9 Å². The van der Waals surface area contributed by atoms with Crippen LogP contribution in [0.4, 0.5) is 0 Å². The number of fused-ring (bicyclic) bond motifs is 1. The molecule has 1 aliphatic heterocycles. The van der Waals surface area contributed by atoms with Crippen molar-refractivity contribution in [2.75, 3.05) is 33.2 Å². The van der Waals surface area contributed by atoms with Crippen LogP contribution in [0.15, 0.2) is 34.0 Å². The molecule has 6 heteroatoms. The predicted molar refractivity (Wildman–Crippen MR) is 110 cm³/mol. The molecule has 0 aliphatic carbocycles. The van der Waals surface area contributed by atoms with Crippen molar-refractivity contribution in [1.29, 1.82) is 0 Å². The van der Waals surface area contributed by atoms with E-state index in [0.29, 0.717) is 0 Å². The molecule has 0 saturated heterocycles. The molecule has 0 radical (unpaired) electrons. The first-order valence-electron chi connectivity index (χ1n) is 8.84. The zero-order valence-corrected chi connectivity index (χ0v) is 17.0. The highest BCUT2D eigenvalue weighted by molar-refractivity contribution is 7.10. The van der Waals surface area contributed by atoms with Gasteiger partial charge in [0.1, 0.15) is 0 Å². The second-order valence-electron chi connectivity index (χ2n) is 7.11. The third-order valence-electron chi connectivity index (χ3n) is 4.72. The number of hydrogen-bond acceptors (Lipinski definition) is 4. The fraction of sp³-hybridized carbons (Fsp3) is 0.526. The van der Waals surface area contributed by atoms with Crippen LogP contribution in [0, 0.1) is 0 Å². The fourth-order valence-electron chi connectivity index (χ4n) is 3.11. The van der Waals surface area contributed by atoms with Crippen LogP contribution in [0.1, 0.15) is 29.2 Å². The largest absolute Gasteiger partial charge is 0.356 e. The summed E-state index contributed by atoms with van der Waals surface area (Å²) < 4.78 is 0. The maximum absolute atomic E-state index is 4.36. The normalized spacial score (nSPS) is 15.9. The maximum atomic E-state index is 4.36. The molecular weight excluding hydrogens is 348 g/mol. The number of nitrogens with one attached hydrogen (secondary N) is 2. The van der Waals surface area contributed by atoms with E-state index in [2.05, 4.69) is 63.3 Å². The van der Waals surface area contributed by atoms with Crippen molar-refractivity contribution < 1.29 is 0 Å². The van der Waals surface area contributed by atoms with Crippen LogP contribution in [0.2, 0.25) is 0 Å². The Kier molecular flexibility index (Phi) is 6.15. The van der Waals surface area contributed by atoms with Gasteiger partial charge in [-0.2, -0.15) is 0 Å². The van der Waals surface area contributed by atoms with Gasteiger partial charge in [-0.05, 0) is 34.9 Å². The van der Waals surface area contributed by atoms with E-state index < -0.39 is 0 Å². The Hall–Kier alpha value is -1.37. The first-order chi connectivity index (χ1) is 12.1. The molecule has 2 aromatic heterocycles. The average molecular weight is 377 g/mol. The quantitative estimate of drug-likeness (QED) is 0.600. The van der Waals surface area contributed by atoms with Crippen molar-refractivity contribution in [3.05, 3.63) is 44.3 Å². The van der Waals surface area contributed by atoms with Crippen molar-refractivity contribution in [2.45, 2.75) is 32.2 Å². The van der Waals surface area contributed by atoms with Crippen LogP contribution >= 0.6 is 22.7 Å². The lowest BCUT2D eigenvalue weighted by Crippen LogP contribution is -2.45. The molecule has 3 rings (SSSR count). The highest BCUT2D eigenvalue weighted by Crippen LogP contribution is 2.26. The second-order valence-corrected chi connectivity index (χ2v) is 9.06. The van der Waals surface area contributed by atoms with E-state index in [4.69, 9.17) is 0 Å². The number of aliphatic imine (C=N–C) groups is 1. The summed E-state index contributed by atoms with van der Waals surface area (Å²) in [5.74, 6) is 0.887. The van der Waals surface area contributed by atoms with Crippen LogP contribution in [-0.4, -0.2) is 44.1 Å². The van der Waals surface area contributed by atoms with E-state index in [1.165, 1.54) is 16.9 Å².